The lowest BCUT2D eigenvalue weighted by Crippen LogP contribution is -2.46. The molecule has 16 heavy (non-hydrogen) atoms. The highest BCUT2D eigenvalue weighted by Crippen LogP contribution is 2.51. The molecule has 0 heterocycles. The fourth-order valence-corrected chi connectivity index (χ4v) is 2.29. The van der Waals surface area contributed by atoms with Crippen molar-refractivity contribution in [3.05, 3.63) is 12.2 Å². The fraction of sp³-hybridized carbons (Fsp3) is 0.867. The first-order valence-electron chi connectivity index (χ1n) is 6.38. The quantitative estimate of drug-likeness (QED) is 0.465. The second kappa shape index (κ2) is 5.21. The molecular formula is C15H31P. The maximum absolute atomic E-state index is 3.10. The first-order chi connectivity index (χ1) is 6.92. The van der Waals surface area contributed by atoms with Gasteiger partial charge in [0.25, 0.3) is 0 Å². The van der Waals surface area contributed by atoms with Crippen molar-refractivity contribution in [3.63, 3.8) is 0 Å². The number of hydrogen-bond donors (Lipinski definition) is 0. The lowest BCUT2D eigenvalue weighted by molar-refractivity contribution is 0.183. The molecule has 0 saturated carbocycles. The van der Waals surface area contributed by atoms with Gasteiger partial charge in [-0.25, -0.2) is 0 Å². The van der Waals surface area contributed by atoms with Gasteiger partial charge in [-0.05, 0) is 23.2 Å². The maximum atomic E-state index is 3.10. The van der Waals surface area contributed by atoms with Crippen molar-refractivity contribution >= 4 is 9.24 Å². The molecule has 0 amide bonds. The lowest BCUT2D eigenvalue weighted by Gasteiger charge is -2.49. The molecule has 0 rings (SSSR count). The van der Waals surface area contributed by atoms with E-state index in [2.05, 4.69) is 76.8 Å². The molecule has 0 saturated heterocycles. The van der Waals surface area contributed by atoms with E-state index in [1.807, 2.05) is 0 Å². The molecule has 0 aliphatic carbocycles. The third-order valence-electron chi connectivity index (χ3n) is 3.47. The van der Waals surface area contributed by atoms with Crippen LogP contribution in [0.1, 0.15) is 61.8 Å². The molecule has 96 valence electrons. The molecule has 0 spiro atoms. The molecule has 0 bridgehead atoms. The Hall–Kier alpha value is 0.170. The van der Waals surface area contributed by atoms with Crippen molar-refractivity contribution < 1.29 is 0 Å². The summed E-state index contributed by atoms with van der Waals surface area (Å²) in [6, 6.07) is 0. The Labute approximate surface area is 105 Å². The molecule has 1 atom stereocenters. The highest BCUT2D eigenvalue weighted by atomic mass is 31.0. The van der Waals surface area contributed by atoms with Gasteiger partial charge in [0, 0.05) is 5.16 Å². The smallest absolute Gasteiger partial charge is 0.0123 e. The number of allylic oxidation sites excluding steroid dienone is 2. The van der Waals surface area contributed by atoms with Crippen LogP contribution in [0.4, 0.5) is 0 Å². The van der Waals surface area contributed by atoms with Crippen LogP contribution >= 0.6 is 9.24 Å². The molecule has 0 aromatic rings. The van der Waals surface area contributed by atoms with Crippen molar-refractivity contribution in [1.82, 2.24) is 0 Å². The van der Waals surface area contributed by atoms with E-state index in [9.17, 15) is 0 Å². The minimum absolute atomic E-state index is 0.148. The van der Waals surface area contributed by atoms with E-state index in [-0.39, 0.29) is 16.0 Å². The highest BCUT2D eigenvalue weighted by Gasteiger charge is 2.44. The third kappa shape index (κ3) is 3.88. The average Bonchev–Trinajstić information content (AvgIpc) is 1.98. The Balaban J connectivity index is 5.06. The molecule has 0 aromatic carbocycles. The van der Waals surface area contributed by atoms with Crippen LogP contribution in [0.15, 0.2) is 12.2 Å². The second-order valence-electron chi connectivity index (χ2n) is 7.40. The van der Waals surface area contributed by atoms with Crippen LogP contribution in [0.3, 0.4) is 0 Å². The summed E-state index contributed by atoms with van der Waals surface area (Å²) in [6.07, 6.45) is 5.94. The first-order valence-corrected chi connectivity index (χ1v) is 6.96. The van der Waals surface area contributed by atoms with Gasteiger partial charge in [-0.2, -0.15) is 0 Å². The summed E-state index contributed by atoms with van der Waals surface area (Å²) in [6.45, 7) is 18.5. The van der Waals surface area contributed by atoms with Crippen LogP contribution in [0.2, 0.25) is 0 Å². The minimum atomic E-state index is 0.148. The van der Waals surface area contributed by atoms with E-state index >= 15 is 0 Å². The molecule has 0 aromatic heterocycles. The second-order valence-corrected chi connectivity index (χ2v) is 8.31. The van der Waals surface area contributed by atoms with Gasteiger partial charge in [-0.1, -0.05) is 67.5 Å². The lowest BCUT2D eigenvalue weighted by atomic mass is 9.65. The minimum Gasteiger partial charge on any atom is -0.126 e. The van der Waals surface area contributed by atoms with E-state index in [1.54, 1.807) is 0 Å². The Morgan fingerprint density at radius 1 is 0.938 bits per heavy atom. The Morgan fingerprint density at radius 2 is 1.31 bits per heavy atom. The zero-order chi connectivity index (χ0) is 13.2. The summed E-state index contributed by atoms with van der Waals surface area (Å²) in [7, 11) is 3.10. The topological polar surface area (TPSA) is 0 Å². The van der Waals surface area contributed by atoms with Crippen molar-refractivity contribution in [2.24, 2.45) is 16.7 Å². The summed E-state index contributed by atoms with van der Waals surface area (Å²) in [5.74, 6) is 0.741. The van der Waals surface area contributed by atoms with Crippen LogP contribution in [0.25, 0.3) is 0 Å². The predicted molar refractivity (Wildman–Crippen MR) is 79.9 cm³/mol. The summed E-state index contributed by atoms with van der Waals surface area (Å²) >= 11 is 0. The van der Waals surface area contributed by atoms with E-state index < -0.39 is 0 Å². The van der Waals surface area contributed by atoms with Gasteiger partial charge in [-0.3, -0.25) is 0 Å². The molecule has 0 N–H and O–H groups in total. The maximum Gasteiger partial charge on any atom is 0.0123 e. The summed E-state index contributed by atoms with van der Waals surface area (Å²) in [5.41, 5.74) is 0.507. The van der Waals surface area contributed by atoms with Crippen LogP contribution in [0.5, 0.6) is 0 Å². The standard InChI is InChI=1S/C15H31P/c1-12(2)10-9-11-15(16,13(3,4)5)14(6,7)8/h9,11-12H,10,16H2,1-8H3. The van der Waals surface area contributed by atoms with Crippen LogP contribution in [0, 0.1) is 16.7 Å². The van der Waals surface area contributed by atoms with Gasteiger partial charge in [0.15, 0.2) is 0 Å². The molecule has 0 radical (unpaired) electrons. The SMILES string of the molecule is CC(C)CC=CC(P)(C(C)(C)C)C(C)(C)C. The zero-order valence-corrected chi connectivity index (χ0v) is 13.7. The number of hydrogen-bond acceptors (Lipinski definition) is 0. The van der Waals surface area contributed by atoms with Crippen molar-refractivity contribution in [1.29, 1.82) is 0 Å². The molecule has 0 nitrogen and oxygen atoms in total. The fourth-order valence-electron chi connectivity index (χ4n) is 2.15. The Morgan fingerprint density at radius 3 is 1.56 bits per heavy atom. The highest BCUT2D eigenvalue weighted by molar-refractivity contribution is 7.19. The average molecular weight is 242 g/mol. The summed E-state index contributed by atoms with van der Waals surface area (Å²) < 4.78 is 0. The van der Waals surface area contributed by atoms with Crippen molar-refractivity contribution in [2.75, 3.05) is 0 Å². The van der Waals surface area contributed by atoms with Crippen LogP contribution in [-0.2, 0) is 0 Å². The Bertz CT molecular complexity index is 221. The van der Waals surface area contributed by atoms with Crippen molar-refractivity contribution in [3.8, 4) is 0 Å². The van der Waals surface area contributed by atoms with Gasteiger partial charge < -0.3 is 0 Å². The van der Waals surface area contributed by atoms with Crippen molar-refractivity contribution in [2.45, 2.75) is 67.0 Å². The van der Waals surface area contributed by atoms with E-state index in [1.165, 1.54) is 6.42 Å². The van der Waals surface area contributed by atoms with E-state index in [0.29, 0.717) is 0 Å². The molecule has 0 fully saturated rings. The third-order valence-corrected chi connectivity index (χ3v) is 5.39. The monoisotopic (exact) mass is 242 g/mol. The van der Waals surface area contributed by atoms with Gasteiger partial charge >= 0.3 is 0 Å². The van der Waals surface area contributed by atoms with Gasteiger partial charge in [0.05, 0.1) is 0 Å². The molecule has 0 aliphatic heterocycles. The van der Waals surface area contributed by atoms with Gasteiger partial charge in [0.2, 0.25) is 0 Å². The first kappa shape index (κ1) is 16.2. The van der Waals surface area contributed by atoms with Gasteiger partial charge in [-0.15, -0.1) is 9.24 Å². The van der Waals surface area contributed by atoms with E-state index in [0.717, 1.165) is 5.92 Å². The zero-order valence-electron chi connectivity index (χ0n) is 12.5. The van der Waals surface area contributed by atoms with Crippen LogP contribution < -0.4 is 0 Å². The molecule has 1 unspecified atom stereocenters. The normalized spacial score (nSPS) is 15.1. The van der Waals surface area contributed by atoms with E-state index in [4.69, 9.17) is 0 Å². The van der Waals surface area contributed by atoms with Crippen LogP contribution in [-0.4, -0.2) is 5.16 Å². The largest absolute Gasteiger partial charge is 0.126 e. The Kier molecular flexibility index (Phi) is 5.27. The molecular weight excluding hydrogens is 211 g/mol. The summed E-state index contributed by atoms with van der Waals surface area (Å²) in [4.78, 5) is 0. The van der Waals surface area contributed by atoms with Gasteiger partial charge in [0.1, 0.15) is 0 Å². The predicted octanol–water partition coefficient (Wildman–Crippen LogP) is 5.29. The molecule has 1 heteroatoms. The summed E-state index contributed by atoms with van der Waals surface area (Å²) in [5, 5.41) is 0.148. The molecule has 0 aliphatic rings. The number of rotatable bonds is 3.